The molecule has 12 atom stereocenters. The van der Waals surface area contributed by atoms with Gasteiger partial charge in [0.2, 0.25) is 0 Å². The van der Waals surface area contributed by atoms with E-state index in [4.69, 9.17) is 18.9 Å². The number of halogens is 3. The second kappa shape index (κ2) is 26.1. The number of phenols is 2. The number of methoxy groups -OCH3 is 1. The molecular weight excluding hydrogens is 1040 g/mol. The standard InChI is InChI=1S/C22H26FNO3.C22H27NO4.C20H22F2N2O3/c1-14-2-7-22(20(23)8-14)27-19-9-16-11-24(12-17(16)10-19)13-21(26)15-3-5-18(25)6-4-15;1-26-21-4-2-3-5-22(21)27-19-10-16-12-23(13-17(16)11-19)14-20(25)15-6-8-18(24)9-7-15;21-16-2-1-3-17(22)20(16)27-15-6-12-9-24(10-13(12)7-15)11-19(26)18-5-4-14(25)8-23-18/h2-8,16-17,19,21,25-26H,9-13H2,1H3;2-9,16-17,19-20,24-25H,10-14H2,1H3;1-5,8,12-13,15,19,25-26H,6-7,9-11H2/t16-,17+,19?,21?;16-,17+,19?,20?;12-,13+,15?,19?. The van der Waals surface area contributed by atoms with Gasteiger partial charge in [-0.25, -0.2) is 13.2 Å². The maximum absolute atomic E-state index is 14.0. The summed E-state index contributed by atoms with van der Waals surface area (Å²) in [6.45, 7) is 9.10. The molecule has 5 aromatic carbocycles. The zero-order valence-electron chi connectivity index (χ0n) is 45.9. The fourth-order valence-corrected chi connectivity index (χ4v) is 13.3. The fraction of sp³-hybridized carbons (Fsp3) is 0.453. The number of ether oxygens (including phenoxy) is 4. The number of rotatable bonds is 16. The van der Waals surface area contributed by atoms with E-state index in [-0.39, 0.29) is 47.1 Å². The van der Waals surface area contributed by atoms with Gasteiger partial charge >= 0.3 is 0 Å². The van der Waals surface area contributed by atoms with Crippen LogP contribution in [-0.4, -0.2) is 135 Å². The van der Waals surface area contributed by atoms with E-state index in [1.54, 1.807) is 67.8 Å². The molecule has 3 saturated heterocycles. The molecule has 0 radical (unpaired) electrons. The van der Waals surface area contributed by atoms with Crippen molar-refractivity contribution in [2.75, 3.05) is 66.0 Å². The van der Waals surface area contributed by atoms with Crippen molar-refractivity contribution in [2.24, 2.45) is 35.5 Å². The number of aliphatic hydroxyl groups is 3. The second-order valence-corrected chi connectivity index (χ2v) is 23.2. The van der Waals surface area contributed by atoms with Crippen LogP contribution < -0.4 is 18.9 Å². The maximum Gasteiger partial charge on any atom is 0.191 e. The van der Waals surface area contributed by atoms with Gasteiger partial charge in [-0.1, -0.05) is 48.5 Å². The highest BCUT2D eigenvalue weighted by atomic mass is 19.1. The highest BCUT2D eigenvalue weighted by Crippen LogP contribution is 2.44. The molecule has 6 N–H and O–H groups in total. The summed E-state index contributed by atoms with van der Waals surface area (Å²) in [6.07, 6.45) is 5.12. The molecular formula is C64H75F3N4O10. The number of fused-ring (bicyclic) bond motifs is 3. The molecule has 17 heteroatoms. The van der Waals surface area contributed by atoms with Crippen LogP contribution in [0.1, 0.15) is 79.2 Å². The predicted octanol–water partition coefficient (Wildman–Crippen LogP) is 9.77. The largest absolute Gasteiger partial charge is 0.508 e. The van der Waals surface area contributed by atoms with Gasteiger partial charge in [0.25, 0.3) is 0 Å². The Morgan fingerprint density at radius 2 is 0.889 bits per heavy atom. The normalized spacial score (nSPS) is 26.0. The highest BCUT2D eigenvalue weighted by Gasteiger charge is 2.45. The Morgan fingerprint density at radius 1 is 0.469 bits per heavy atom. The third-order valence-corrected chi connectivity index (χ3v) is 17.3. The molecule has 0 spiro atoms. The molecule has 0 bridgehead atoms. The maximum atomic E-state index is 14.0. The van der Waals surface area contributed by atoms with Crippen molar-refractivity contribution in [3.63, 3.8) is 0 Å². The van der Waals surface area contributed by atoms with Crippen molar-refractivity contribution >= 4 is 0 Å². The first-order valence-electron chi connectivity index (χ1n) is 28.4. The van der Waals surface area contributed by atoms with Gasteiger partial charge in [-0.2, -0.15) is 0 Å². The average molecular weight is 1120 g/mol. The van der Waals surface area contributed by atoms with E-state index in [0.717, 1.165) is 106 Å². The van der Waals surface area contributed by atoms with Crippen molar-refractivity contribution in [3.05, 3.63) is 167 Å². The Morgan fingerprint density at radius 3 is 1.32 bits per heavy atom. The number of pyridine rings is 1. The zero-order chi connectivity index (χ0) is 56.7. The van der Waals surface area contributed by atoms with Gasteiger partial charge in [-0.3, -0.25) is 19.7 Å². The molecule has 3 aliphatic heterocycles. The molecule has 14 nitrogen and oxygen atoms in total. The molecule has 3 aliphatic carbocycles. The first-order chi connectivity index (χ1) is 39.1. The number of nitrogens with zero attached hydrogens (tertiary/aromatic N) is 4. The van der Waals surface area contributed by atoms with E-state index in [1.165, 1.54) is 36.5 Å². The quantitative estimate of drug-likeness (QED) is 0.0539. The molecule has 6 unspecified atom stereocenters. The molecule has 81 heavy (non-hydrogen) atoms. The molecule has 12 rings (SSSR count). The molecule has 3 saturated carbocycles. The lowest BCUT2D eigenvalue weighted by atomic mass is 10.0. The van der Waals surface area contributed by atoms with E-state index in [9.17, 15) is 43.8 Å². The minimum Gasteiger partial charge on any atom is -0.508 e. The SMILES string of the molecule is COc1ccccc1OC1C[C@@H]2CN(CC(O)c3ccc(O)cc3)C[C@@H]2C1.Cc1ccc(OC2C[C@@H]3CN(CC(O)c4ccc(O)cc4)C[C@@H]3C2)c(F)c1.Oc1ccc(C(O)CN2C[C@H]3CC(Oc4c(F)cccc4F)C[C@H]3C2)nc1. The van der Waals surface area contributed by atoms with E-state index < -0.39 is 29.9 Å². The topological polar surface area (TPSA) is 181 Å². The van der Waals surface area contributed by atoms with Crippen molar-refractivity contribution in [2.45, 2.75) is 82.1 Å². The Kier molecular flexibility index (Phi) is 18.6. The van der Waals surface area contributed by atoms with Gasteiger partial charge < -0.3 is 49.6 Å². The predicted molar refractivity (Wildman–Crippen MR) is 299 cm³/mol. The van der Waals surface area contributed by atoms with Crippen LogP contribution in [0, 0.1) is 59.9 Å². The van der Waals surface area contributed by atoms with Crippen molar-refractivity contribution in [1.82, 2.24) is 19.7 Å². The van der Waals surface area contributed by atoms with Gasteiger partial charge in [-0.05, 0) is 170 Å². The van der Waals surface area contributed by atoms with E-state index >= 15 is 0 Å². The van der Waals surface area contributed by atoms with E-state index in [2.05, 4.69) is 19.7 Å². The lowest BCUT2D eigenvalue weighted by Crippen LogP contribution is -2.29. The summed E-state index contributed by atoms with van der Waals surface area (Å²) in [5, 5.41) is 59.3. The number of hydrogen-bond acceptors (Lipinski definition) is 14. The number of aromatic nitrogens is 1. The molecule has 432 valence electrons. The summed E-state index contributed by atoms with van der Waals surface area (Å²) in [4.78, 5) is 10.9. The first-order valence-corrected chi connectivity index (χ1v) is 28.4. The van der Waals surface area contributed by atoms with Crippen LogP contribution in [0.5, 0.6) is 40.2 Å². The van der Waals surface area contributed by atoms with Gasteiger partial charge in [0.15, 0.2) is 40.4 Å². The number of phenolic OH excluding ortho intramolecular Hbond substituents is 2. The lowest BCUT2D eigenvalue weighted by molar-refractivity contribution is 0.112. The summed E-state index contributed by atoms with van der Waals surface area (Å²) < 4.78 is 64.7. The van der Waals surface area contributed by atoms with Crippen LogP contribution in [0.15, 0.2) is 128 Å². The van der Waals surface area contributed by atoms with Crippen LogP contribution in [0.25, 0.3) is 0 Å². The van der Waals surface area contributed by atoms with Crippen LogP contribution in [-0.2, 0) is 0 Å². The third-order valence-electron chi connectivity index (χ3n) is 17.3. The number of benzene rings is 5. The Balaban J connectivity index is 0.000000136. The monoisotopic (exact) mass is 1120 g/mol. The number of aryl methyl sites for hydroxylation is 1. The third kappa shape index (κ3) is 14.7. The molecule has 1 aromatic heterocycles. The molecule has 6 aromatic rings. The first kappa shape index (κ1) is 57.6. The number of likely N-dealkylation sites (tertiary alicyclic amines) is 3. The number of para-hydroxylation sites is 3. The Bertz CT molecular complexity index is 2940. The van der Waals surface area contributed by atoms with Crippen molar-refractivity contribution < 1.29 is 62.8 Å². The lowest BCUT2D eigenvalue weighted by Gasteiger charge is -2.23. The number of hydrogen-bond donors (Lipinski definition) is 6. The number of aliphatic hydroxyl groups excluding tert-OH is 3. The van der Waals surface area contributed by atoms with Crippen molar-refractivity contribution in [3.8, 4) is 40.2 Å². The van der Waals surface area contributed by atoms with Crippen LogP contribution in [0.3, 0.4) is 0 Å². The molecule has 6 aliphatic rings. The molecule has 6 fully saturated rings. The highest BCUT2D eigenvalue weighted by molar-refractivity contribution is 5.40. The van der Waals surface area contributed by atoms with Gasteiger partial charge in [0.05, 0.1) is 49.5 Å². The Hall–Kier alpha value is -6.60. The Labute approximate surface area is 471 Å². The van der Waals surface area contributed by atoms with Crippen LogP contribution in [0.4, 0.5) is 13.2 Å². The molecule has 0 amide bonds. The summed E-state index contributed by atoms with van der Waals surface area (Å²) in [7, 11) is 1.67. The summed E-state index contributed by atoms with van der Waals surface area (Å²) in [5.41, 5.74) is 3.09. The van der Waals surface area contributed by atoms with Crippen LogP contribution in [0.2, 0.25) is 0 Å². The van der Waals surface area contributed by atoms with Gasteiger partial charge in [0, 0.05) is 58.9 Å². The second-order valence-electron chi connectivity index (χ2n) is 23.2. The smallest absolute Gasteiger partial charge is 0.191 e. The minimum absolute atomic E-state index is 0.0685. The number of aromatic hydroxyl groups is 3. The fourth-order valence-electron chi connectivity index (χ4n) is 13.3. The van der Waals surface area contributed by atoms with Crippen molar-refractivity contribution in [1.29, 1.82) is 0 Å². The molecule has 4 heterocycles. The van der Waals surface area contributed by atoms with Gasteiger partial charge in [0.1, 0.15) is 23.4 Å². The summed E-state index contributed by atoms with van der Waals surface area (Å²) in [5.74, 6) is 3.66. The van der Waals surface area contributed by atoms with Gasteiger partial charge in [-0.15, -0.1) is 0 Å². The van der Waals surface area contributed by atoms with Crippen LogP contribution >= 0.6 is 0 Å². The minimum atomic E-state index is -0.719. The summed E-state index contributed by atoms with van der Waals surface area (Å²) >= 11 is 0. The zero-order valence-corrected chi connectivity index (χ0v) is 45.9. The average Bonchev–Trinajstić information content (AvgIpc) is 4.34. The van der Waals surface area contributed by atoms with E-state index in [0.29, 0.717) is 66.6 Å². The van der Waals surface area contributed by atoms with E-state index in [1.807, 2.05) is 37.3 Å². The number of β-amino-alcohol motifs (C(OH)–C–C–N with tert-alkyl or cyclic N) is 3. The summed E-state index contributed by atoms with van der Waals surface area (Å²) in [6, 6.07) is 33.3.